The van der Waals surface area contributed by atoms with E-state index in [1.165, 1.54) is 12.1 Å². The highest BCUT2D eigenvalue weighted by Gasteiger charge is 2.49. The summed E-state index contributed by atoms with van der Waals surface area (Å²) in [5.74, 6) is -2.19. The topological polar surface area (TPSA) is 67.9 Å². The van der Waals surface area contributed by atoms with Crippen LogP contribution in [0.2, 0.25) is 5.02 Å². The fraction of sp³-hybridized carbons (Fsp3) is 0.652. The van der Waals surface area contributed by atoms with Crippen LogP contribution in [0.3, 0.4) is 0 Å². The molecular weight excluding hydrogens is 480 g/mol. The second kappa shape index (κ2) is 9.89. The number of likely N-dealkylation sites (tertiary alicyclic amines) is 1. The molecule has 3 fully saturated rings. The predicted octanol–water partition coefficient (Wildman–Crippen LogP) is 4.10. The third-order valence-electron chi connectivity index (χ3n) is 7.16. The Morgan fingerprint density at radius 3 is 2.44 bits per heavy atom. The van der Waals surface area contributed by atoms with Gasteiger partial charge in [-0.3, -0.25) is 9.59 Å². The molecule has 1 aromatic rings. The van der Waals surface area contributed by atoms with Gasteiger partial charge in [-0.15, -0.1) is 0 Å². The average Bonchev–Trinajstić information content (AvgIpc) is 2.71. The van der Waals surface area contributed by atoms with Crippen molar-refractivity contribution in [3.05, 3.63) is 29.0 Å². The number of ether oxygens (including phenoxy) is 2. The largest absolute Gasteiger partial charge is 0.484 e. The first-order valence-corrected chi connectivity index (χ1v) is 11.7. The van der Waals surface area contributed by atoms with Gasteiger partial charge in [0.2, 0.25) is 5.91 Å². The second-order valence-electron chi connectivity index (χ2n) is 9.56. The Balaban J connectivity index is 1.10. The summed E-state index contributed by atoms with van der Waals surface area (Å²) in [6.45, 7) is 0.740. The number of hydrogen-bond acceptors (Lipinski definition) is 4. The zero-order chi connectivity index (χ0) is 24.5. The molecule has 0 bridgehead atoms. The Hall–Kier alpha value is -2.07. The van der Waals surface area contributed by atoms with Gasteiger partial charge in [0, 0.05) is 25.2 Å². The molecule has 0 atom stereocenters. The molecule has 11 heteroatoms. The lowest BCUT2D eigenvalue weighted by Gasteiger charge is -2.52. The molecule has 1 heterocycles. The summed E-state index contributed by atoms with van der Waals surface area (Å²) in [7, 11) is 0. The van der Waals surface area contributed by atoms with Crippen molar-refractivity contribution in [2.75, 3.05) is 26.3 Å². The molecule has 0 unspecified atom stereocenters. The van der Waals surface area contributed by atoms with Crippen LogP contribution in [0.1, 0.15) is 38.5 Å². The van der Waals surface area contributed by atoms with E-state index in [4.69, 9.17) is 21.1 Å². The highest BCUT2D eigenvalue weighted by atomic mass is 35.5. The predicted molar refractivity (Wildman–Crippen MR) is 115 cm³/mol. The Morgan fingerprint density at radius 1 is 1.15 bits per heavy atom. The average molecular weight is 507 g/mol. The van der Waals surface area contributed by atoms with Crippen LogP contribution in [0.25, 0.3) is 0 Å². The van der Waals surface area contributed by atoms with Crippen LogP contribution < -0.4 is 10.1 Å². The van der Waals surface area contributed by atoms with Gasteiger partial charge in [-0.05, 0) is 56.1 Å². The van der Waals surface area contributed by atoms with Crippen LogP contribution in [0, 0.1) is 17.2 Å². The van der Waals surface area contributed by atoms with E-state index < -0.39 is 24.0 Å². The quantitative estimate of drug-likeness (QED) is 0.565. The van der Waals surface area contributed by atoms with E-state index in [-0.39, 0.29) is 60.1 Å². The molecule has 1 aliphatic heterocycles. The van der Waals surface area contributed by atoms with E-state index in [9.17, 15) is 27.2 Å². The molecule has 0 radical (unpaired) electrons. The van der Waals surface area contributed by atoms with E-state index in [1.807, 2.05) is 0 Å². The zero-order valence-corrected chi connectivity index (χ0v) is 19.3. The lowest BCUT2D eigenvalue weighted by atomic mass is 9.60. The number of benzene rings is 1. The van der Waals surface area contributed by atoms with Gasteiger partial charge >= 0.3 is 6.18 Å². The first kappa shape index (κ1) is 25.0. The standard InChI is InChI=1S/C23H27ClF4N2O4/c24-18-2-1-16(9-19(18)25)33-12-20(31)29-15-10-22(11-15)3-5-30(6-4-22)21(32)13-34-17-7-14(8-17)23(26,27)28/h1-2,9,14-15,17H,3-8,10-13H2,(H,29,31)/t14-,17+. The minimum absolute atomic E-state index is 0.0192. The highest BCUT2D eigenvalue weighted by molar-refractivity contribution is 6.30. The van der Waals surface area contributed by atoms with Crippen molar-refractivity contribution in [3.63, 3.8) is 0 Å². The molecule has 1 spiro atoms. The number of halogens is 5. The maximum atomic E-state index is 13.4. The molecule has 2 saturated carbocycles. The van der Waals surface area contributed by atoms with E-state index in [0.29, 0.717) is 13.1 Å². The maximum absolute atomic E-state index is 13.4. The van der Waals surface area contributed by atoms with Gasteiger partial charge < -0.3 is 19.7 Å². The molecule has 1 saturated heterocycles. The number of alkyl halides is 3. The van der Waals surface area contributed by atoms with Gasteiger partial charge in [-0.25, -0.2) is 4.39 Å². The Labute approximate surface area is 199 Å². The summed E-state index contributed by atoms with van der Waals surface area (Å²) in [5, 5.41) is 2.89. The Bertz CT molecular complexity index is 907. The molecule has 4 rings (SSSR count). The van der Waals surface area contributed by atoms with Crippen LogP contribution >= 0.6 is 11.6 Å². The number of amides is 2. The third kappa shape index (κ3) is 5.94. The van der Waals surface area contributed by atoms with Gasteiger partial charge in [0.15, 0.2) is 6.61 Å². The van der Waals surface area contributed by atoms with Gasteiger partial charge in [0.25, 0.3) is 5.91 Å². The van der Waals surface area contributed by atoms with Crippen molar-refractivity contribution < 1.29 is 36.6 Å². The second-order valence-corrected chi connectivity index (χ2v) is 9.97. The number of carbonyl (C=O) groups excluding carboxylic acids is 2. The molecule has 34 heavy (non-hydrogen) atoms. The van der Waals surface area contributed by atoms with Crippen LogP contribution in [0.5, 0.6) is 5.75 Å². The molecule has 6 nitrogen and oxygen atoms in total. The third-order valence-corrected chi connectivity index (χ3v) is 7.47. The molecule has 188 valence electrons. The summed E-state index contributed by atoms with van der Waals surface area (Å²) >= 11 is 5.62. The van der Waals surface area contributed by atoms with Crippen molar-refractivity contribution >= 4 is 23.4 Å². The van der Waals surface area contributed by atoms with Crippen LogP contribution in [-0.2, 0) is 14.3 Å². The number of piperidine rings is 1. The summed E-state index contributed by atoms with van der Waals surface area (Å²) in [5.41, 5.74) is 0.0870. The fourth-order valence-electron chi connectivity index (χ4n) is 4.96. The summed E-state index contributed by atoms with van der Waals surface area (Å²) in [6.07, 6.45) is -1.58. The molecule has 1 N–H and O–H groups in total. The molecular formula is C23H27ClF4N2O4. The number of carbonyl (C=O) groups is 2. The van der Waals surface area contributed by atoms with E-state index >= 15 is 0 Å². The zero-order valence-electron chi connectivity index (χ0n) is 18.5. The van der Waals surface area contributed by atoms with E-state index in [2.05, 4.69) is 5.32 Å². The minimum atomic E-state index is -4.19. The molecule has 3 aliphatic rings. The monoisotopic (exact) mass is 506 g/mol. The first-order chi connectivity index (χ1) is 16.0. The number of nitrogens with zero attached hydrogens (tertiary/aromatic N) is 1. The lowest BCUT2D eigenvalue weighted by Crippen LogP contribution is -2.56. The van der Waals surface area contributed by atoms with Crippen molar-refractivity contribution in [3.8, 4) is 5.75 Å². The van der Waals surface area contributed by atoms with Crippen LogP contribution in [-0.4, -0.2) is 61.3 Å². The van der Waals surface area contributed by atoms with Crippen molar-refractivity contribution in [2.45, 2.75) is 56.8 Å². The van der Waals surface area contributed by atoms with Crippen LogP contribution in [0.4, 0.5) is 17.6 Å². The summed E-state index contributed by atoms with van der Waals surface area (Å²) < 4.78 is 61.7. The maximum Gasteiger partial charge on any atom is 0.392 e. The fourth-order valence-corrected chi connectivity index (χ4v) is 5.08. The van der Waals surface area contributed by atoms with Crippen LogP contribution in [0.15, 0.2) is 18.2 Å². The smallest absolute Gasteiger partial charge is 0.392 e. The van der Waals surface area contributed by atoms with Gasteiger partial charge in [0.05, 0.1) is 17.0 Å². The SMILES string of the molecule is O=C(COc1ccc(Cl)c(F)c1)NC1CC2(CCN(C(=O)CO[C@H]3C[C@@H](C(F)(F)F)C3)CC2)C1. The van der Waals surface area contributed by atoms with Crippen molar-refractivity contribution in [1.29, 1.82) is 0 Å². The molecule has 2 amide bonds. The van der Waals surface area contributed by atoms with E-state index in [0.717, 1.165) is 31.7 Å². The first-order valence-electron chi connectivity index (χ1n) is 11.4. The number of nitrogens with one attached hydrogen (secondary N) is 1. The Kier molecular flexibility index (Phi) is 7.28. The van der Waals surface area contributed by atoms with Crippen molar-refractivity contribution in [2.24, 2.45) is 11.3 Å². The van der Waals surface area contributed by atoms with Gasteiger partial charge in [-0.1, -0.05) is 11.6 Å². The van der Waals surface area contributed by atoms with Gasteiger partial charge in [0.1, 0.15) is 18.2 Å². The van der Waals surface area contributed by atoms with E-state index in [1.54, 1.807) is 4.90 Å². The molecule has 2 aliphatic carbocycles. The minimum Gasteiger partial charge on any atom is -0.484 e. The number of rotatable bonds is 7. The molecule has 1 aromatic carbocycles. The van der Waals surface area contributed by atoms with Crippen molar-refractivity contribution in [1.82, 2.24) is 10.2 Å². The number of hydrogen-bond donors (Lipinski definition) is 1. The normalized spacial score (nSPS) is 24.3. The Morgan fingerprint density at radius 2 is 1.82 bits per heavy atom. The summed E-state index contributed by atoms with van der Waals surface area (Å²) in [6, 6.07) is 4.01. The summed E-state index contributed by atoms with van der Waals surface area (Å²) in [4.78, 5) is 26.2. The van der Waals surface area contributed by atoms with Gasteiger partial charge in [-0.2, -0.15) is 13.2 Å². The highest BCUT2D eigenvalue weighted by Crippen LogP contribution is 2.49. The molecule has 0 aromatic heterocycles. The lowest BCUT2D eigenvalue weighted by molar-refractivity contribution is -0.220.